The summed E-state index contributed by atoms with van der Waals surface area (Å²) in [5.74, 6) is -0.609. The van der Waals surface area contributed by atoms with Crippen molar-refractivity contribution in [1.29, 1.82) is 0 Å². The number of amides is 1. The zero-order valence-electron chi connectivity index (χ0n) is 21.0. The van der Waals surface area contributed by atoms with Crippen LogP contribution in [0.3, 0.4) is 0 Å². The Morgan fingerprint density at radius 1 is 1.14 bits per heavy atom. The minimum absolute atomic E-state index is 0.0233. The normalized spacial score (nSPS) is 32.4. The van der Waals surface area contributed by atoms with Crippen LogP contribution in [0.25, 0.3) is 17.2 Å². The molecule has 1 aliphatic carbocycles. The lowest BCUT2D eigenvalue weighted by molar-refractivity contribution is -0.165. The fraction of sp³-hybridized carbons (Fsp3) is 0.483. The Morgan fingerprint density at radius 3 is 2.61 bits per heavy atom. The van der Waals surface area contributed by atoms with E-state index in [0.717, 1.165) is 16.8 Å². The third-order valence-electron chi connectivity index (χ3n) is 8.41. The van der Waals surface area contributed by atoms with Gasteiger partial charge in [-0.25, -0.2) is 4.39 Å². The zero-order valence-corrected chi connectivity index (χ0v) is 21.0. The Bertz CT molecular complexity index is 1160. The predicted molar refractivity (Wildman–Crippen MR) is 134 cm³/mol. The summed E-state index contributed by atoms with van der Waals surface area (Å²) in [6, 6.07) is 10.3. The van der Waals surface area contributed by atoms with E-state index in [0.29, 0.717) is 32.7 Å². The number of nitrogens with zero attached hydrogens (tertiary/aromatic N) is 2. The number of ether oxygens (including phenoxy) is 2. The van der Waals surface area contributed by atoms with Crippen molar-refractivity contribution >= 4 is 18.0 Å². The van der Waals surface area contributed by atoms with E-state index in [-0.39, 0.29) is 47.5 Å². The molecule has 2 aliphatic heterocycles. The molecule has 6 atom stereocenters. The van der Waals surface area contributed by atoms with Gasteiger partial charge in [0.25, 0.3) is 0 Å². The molecule has 190 valence electrons. The third kappa shape index (κ3) is 4.23. The molecule has 0 N–H and O–H groups in total. The van der Waals surface area contributed by atoms with Crippen molar-refractivity contribution in [3.8, 4) is 11.1 Å². The molecule has 2 aromatic rings. The molecule has 0 bridgehead atoms. The van der Waals surface area contributed by atoms with E-state index in [1.807, 2.05) is 31.2 Å². The number of hydrogen-bond acceptors (Lipinski definition) is 5. The SMILES string of the molecule is CC1C[C@@]2(C(=O)N3CCOCC3)C(=O)OC(C)C2C(/C=C/c2ccc(-c3cccc(F)c3)cn2)C1C. The standard InChI is InChI=1S/C29H33FN2O4/c1-18-16-29(27(33)32-11-13-35-14-12-32)26(20(3)36-28(29)34)25(19(18)2)10-9-24-8-7-22(17-31-24)21-5-4-6-23(30)15-21/h4-10,15,17-20,25-26H,11-14,16H2,1-3H3/b10-9+/t18?,19?,20?,25?,26?,29-/m1/s1. The maximum atomic E-state index is 13.9. The molecular weight excluding hydrogens is 459 g/mol. The van der Waals surface area contributed by atoms with E-state index in [2.05, 4.69) is 24.9 Å². The fourth-order valence-electron chi connectivity index (χ4n) is 6.36. The summed E-state index contributed by atoms with van der Waals surface area (Å²) in [7, 11) is 0. The number of fused-ring (bicyclic) bond motifs is 1. The summed E-state index contributed by atoms with van der Waals surface area (Å²) >= 11 is 0. The first-order valence-electron chi connectivity index (χ1n) is 12.8. The molecule has 3 aliphatic rings. The van der Waals surface area contributed by atoms with E-state index in [9.17, 15) is 14.0 Å². The molecule has 1 amide bonds. The number of carbonyl (C=O) groups is 2. The van der Waals surface area contributed by atoms with Crippen LogP contribution in [-0.2, 0) is 19.1 Å². The van der Waals surface area contributed by atoms with Crippen LogP contribution in [0.5, 0.6) is 0 Å². The van der Waals surface area contributed by atoms with Crippen molar-refractivity contribution in [3.05, 3.63) is 60.2 Å². The Hall–Kier alpha value is -3.06. The minimum Gasteiger partial charge on any atom is -0.461 e. The van der Waals surface area contributed by atoms with Gasteiger partial charge >= 0.3 is 5.97 Å². The van der Waals surface area contributed by atoms with Gasteiger partial charge in [0, 0.05) is 30.8 Å². The number of benzene rings is 1. The maximum Gasteiger partial charge on any atom is 0.322 e. The third-order valence-corrected chi connectivity index (χ3v) is 8.41. The zero-order chi connectivity index (χ0) is 25.4. The van der Waals surface area contributed by atoms with E-state index < -0.39 is 5.41 Å². The predicted octanol–water partition coefficient (Wildman–Crippen LogP) is 4.60. The number of pyridine rings is 1. The number of aromatic nitrogens is 1. The lowest BCUT2D eigenvalue weighted by Gasteiger charge is -2.48. The Labute approximate surface area is 211 Å². The van der Waals surface area contributed by atoms with Gasteiger partial charge in [-0.15, -0.1) is 0 Å². The molecule has 0 radical (unpaired) electrons. The van der Waals surface area contributed by atoms with Crippen molar-refractivity contribution in [2.45, 2.75) is 33.3 Å². The van der Waals surface area contributed by atoms with Gasteiger partial charge < -0.3 is 14.4 Å². The lowest BCUT2D eigenvalue weighted by atomic mass is 9.54. The summed E-state index contributed by atoms with van der Waals surface area (Å²) < 4.78 is 24.8. The molecule has 6 nitrogen and oxygen atoms in total. The molecule has 7 heteroatoms. The number of allylic oxidation sites excluding steroid dienone is 1. The smallest absolute Gasteiger partial charge is 0.322 e. The molecule has 5 unspecified atom stereocenters. The van der Waals surface area contributed by atoms with Gasteiger partial charge in [0.2, 0.25) is 5.91 Å². The summed E-state index contributed by atoms with van der Waals surface area (Å²) in [6.45, 7) is 8.21. The average Bonchev–Trinajstić information content (AvgIpc) is 3.14. The highest BCUT2D eigenvalue weighted by molar-refractivity contribution is 6.04. The molecule has 36 heavy (non-hydrogen) atoms. The Kier molecular flexibility index (Phi) is 6.68. The number of rotatable bonds is 4. The maximum absolute atomic E-state index is 13.9. The number of halogens is 1. The van der Waals surface area contributed by atoms with E-state index >= 15 is 0 Å². The topological polar surface area (TPSA) is 68.7 Å². The van der Waals surface area contributed by atoms with Crippen LogP contribution >= 0.6 is 0 Å². The van der Waals surface area contributed by atoms with Crippen LogP contribution in [0.2, 0.25) is 0 Å². The van der Waals surface area contributed by atoms with Crippen LogP contribution in [0.4, 0.5) is 4.39 Å². The molecule has 2 saturated heterocycles. The second-order valence-electron chi connectivity index (χ2n) is 10.5. The number of esters is 1. The molecule has 0 spiro atoms. The van der Waals surface area contributed by atoms with Crippen molar-refractivity contribution in [3.63, 3.8) is 0 Å². The highest BCUT2D eigenvalue weighted by Crippen LogP contribution is 2.57. The number of morpholine rings is 1. The molecular formula is C29H33FN2O4. The van der Waals surface area contributed by atoms with Gasteiger partial charge in [0.05, 0.1) is 18.9 Å². The van der Waals surface area contributed by atoms with Crippen molar-refractivity contribution in [2.75, 3.05) is 26.3 Å². The lowest BCUT2D eigenvalue weighted by Crippen LogP contribution is -2.58. The van der Waals surface area contributed by atoms with Gasteiger partial charge in [-0.2, -0.15) is 0 Å². The van der Waals surface area contributed by atoms with E-state index in [1.54, 1.807) is 17.2 Å². The van der Waals surface area contributed by atoms with Crippen molar-refractivity contribution in [2.24, 2.45) is 29.1 Å². The summed E-state index contributed by atoms with van der Waals surface area (Å²) in [5.41, 5.74) is 1.22. The molecule has 1 aromatic carbocycles. The van der Waals surface area contributed by atoms with Gasteiger partial charge in [0.1, 0.15) is 11.9 Å². The van der Waals surface area contributed by atoms with Crippen LogP contribution in [0, 0.1) is 34.9 Å². The van der Waals surface area contributed by atoms with Gasteiger partial charge in [0.15, 0.2) is 5.41 Å². The molecule has 1 aromatic heterocycles. The van der Waals surface area contributed by atoms with Crippen LogP contribution in [0.1, 0.15) is 32.9 Å². The van der Waals surface area contributed by atoms with Gasteiger partial charge in [-0.05, 0) is 60.9 Å². The second-order valence-corrected chi connectivity index (χ2v) is 10.5. The molecule has 5 rings (SSSR count). The van der Waals surface area contributed by atoms with Crippen molar-refractivity contribution in [1.82, 2.24) is 9.88 Å². The van der Waals surface area contributed by atoms with Crippen LogP contribution < -0.4 is 0 Å². The summed E-state index contributed by atoms with van der Waals surface area (Å²) in [5, 5.41) is 0. The molecule has 1 saturated carbocycles. The van der Waals surface area contributed by atoms with Crippen LogP contribution in [-0.4, -0.2) is 54.2 Å². The average molecular weight is 493 g/mol. The first-order valence-corrected chi connectivity index (χ1v) is 12.8. The Balaban J connectivity index is 1.44. The highest BCUT2D eigenvalue weighted by Gasteiger charge is 2.67. The number of hydrogen-bond donors (Lipinski definition) is 0. The summed E-state index contributed by atoms with van der Waals surface area (Å²) in [4.78, 5) is 33.6. The van der Waals surface area contributed by atoms with E-state index in [1.165, 1.54) is 12.1 Å². The number of cyclic esters (lactones) is 1. The monoisotopic (exact) mass is 492 g/mol. The molecule has 3 heterocycles. The highest BCUT2D eigenvalue weighted by atomic mass is 19.1. The van der Waals surface area contributed by atoms with E-state index in [4.69, 9.17) is 9.47 Å². The largest absolute Gasteiger partial charge is 0.461 e. The minimum atomic E-state index is -1.16. The second kappa shape index (κ2) is 9.77. The first-order chi connectivity index (χ1) is 17.3. The quantitative estimate of drug-likeness (QED) is 0.461. The Morgan fingerprint density at radius 2 is 1.92 bits per heavy atom. The fourth-order valence-corrected chi connectivity index (χ4v) is 6.36. The first kappa shape index (κ1) is 24.6. The van der Waals surface area contributed by atoms with Crippen LogP contribution in [0.15, 0.2) is 48.7 Å². The van der Waals surface area contributed by atoms with Crippen molar-refractivity contribution < 1.29 is 23.5 Å². The number of carbonyl (C=O) groups excluding carboxylic acids is 2. The van der Waals surface area contributed by atoms with Gasteiger partial charge in [-0.3, -0.25) is 14.6 Å². The summed E-state index contributed by atoms with van der Waals surface area (Å²) in [6.07, 6.45) is 5.96. The van der Waals surface area contributed by atoms with Gasteiger partial charge in [-0.1, -0.05) is 38.1 Å². The molecule has 3 fully saturated rings.